The van der Waals surface area contributed by atoms with Gasteiger partial charge in [-0.25, -0.2) is 4.98 Å². The Morgan fingerprint density at radius 3 is 3.04 bits per heavy atom. The molecule has 0 spiro atoms. The van der Waals surface area contributed by atoms with Crippen molar-refractivity contribution in [2.75, 3.05) is 7.11 Å². The number of nitrogens with one attached hydrogen (secondary N) is 1. The minimum absolute atomic E-state index is 0.210. The van der Waals surface area contributed by atoms with Crippen LogP contribution in [0.15, 0.2) is 36.0 Å². The Morgan fingerprint density at radius 1 is 1.42 bits per heavy atom. The molecule has 1 atom stereocenters. The number of benzene rings is 1. The summed E-state index contributed by atoms with van der Waals surface area (Å²) in [5, 5.41) is 9.55. The number of carbonyl (C=O) groups excluding carboxylic acids is 1. The van der Waals surface area contributed by atoms with E-state index in [0.29, 0.717) is 22.1 Å². The predicted octanol–water partition coefficient (Wildman–Crippen LogP) is 2.37. The third kappa shape index (κ3) is 2.41. The molecule has 0 bridgehead atoms. The molecule has 3 aromatic rings. The Bertz CT molecular complexity index is 918. The van der Waals surface area contributed by atoms with E-state index in [1.54, 1.807) is 36.2 Å². The van der Waals surface area contributed by atoms with Gasteiger partial charge in [-0.15, -0.1) is 11.3 Å². The normalized spacial score (nSPS) is 16.2. The Kier molecular flexibility index (Phi) is 3.46. The summed E-state index contributed by atoms with van der Waals surface area (Å²) in [4.78, 5) is 16.9. The molecular weight excluding hydrogens is 328 g/mol. The quantitative estimate of drug-likeness (QED) is 0.791. The van der Waals surface area contributed by atoms with Crippen LogP contribution in [0.4, 0.5) is 0 Å². The maximum absolute atomic E-state index is 12.3. The highest BCUT2D eigenvalue weighted by molar-refractivity contribution is 7.10. The fourth-order valence-electron chi connectivity index (χ4n) is 2.53. The van der Waals surface area contributed by atoms with Gasteiger partial charge in [0.2, 0.25) is 6.23 Å². The van der Waals surface area contributed by atoms with Crippen molar-refractivity contribution in [1.82, 2.24) is 20.1 Å². The summed E-state index contributed by atoms with van der Waals surface area (Å²) >= 11 is 1.42. The first-order valence-electron chi connectivity index (χ1n) is 7.24. The minimum Gasteiger partial charge on any atom is -0.493 e. The Labute approximate surface area is 141 Å². The zero-order chi connectivity index (χ0) is 16.7. The van der Waals surface area contributed by atoms with Crippen LogP contribution in [0.3, 0.4) is 0 Å². The molecule has 2 aromatic heterocycles. The molecule has 8 heteroatoms. The number of fused-ring (bicyclic) bond motifs is 1. The van der Waals surface area contributed by atoms with Crippen LogP contribution in [-0.4, -0.2) is 27.8 Å². The highest BCUT2D eigenvalue weighted by atomic mass is 32.1. The number of aromatic nitrogens is 3. The standard InChI is InChI=1S/C16H14N4O3S/c1-20-7-9(6-17-20)11-8-24-16(18-11)15-19-14(21)10-4-3-5-12(22-2)13(10)23-15/h3-8,15H,1-2H3,(H,19,21). The molecule has 1 N–H and O–H groups in total. The molecule has 0 radical (unpaired) electrons. The van der Waals surface area contributed by atoms with E-state index in [1.807, 2.05) is 18.6 Å². The monoisotopic (exact) mass is 342 g/mol. The Hall–Kier alpha value is -2.87. The van der Waals surface area contributed by atoms with E-state index in [1.165, 1.54) is 11.3 Å². The number of ether oxygens (including phenoxy) is 2. The average Bonchev–Trinajstić information content (AvgIpc) is 3.23. The van der Waals surface area contributed by atoms with Gasteiger partial charge in [-0.1, -0.05) is 6.07 Å². The number of methoxy groups -OCH3 is 1. The number of para-hydroxylation sites is 1. The van der Waals surface area contributed by atoms with Gasteiger partial charge in [-0.2, -0.15) is 5.10 Å². The van der Waals surface area contributed by atoms with E-state index in [4.69, 9.17) is 9.47 Å². The van der Waals surface area contributed by atoms with Crippen molar-refractivity contribution in [3.05, 3.63) is 46.5 Å². The predicted molar refractivity (Wildman–Crippen MR) is 88.1 cm³/mol. The van der Waals surface area contributed by atoms with Gasteiger partial charge in [0.1, 0.15) is 0 Å². The summed E-state index contributed by atoms with van der Waals surface area (Å²) in [5.41, 5.74) is 2.17. The minimum atomic E-state index is -0.642. The van der Waals surface area contributed by atoms with Crippen LogP contribution in [0.5, 0.6) is 11.5 Å². The molecule has 122 valence electrons. The summed E-state index contributed by atoms with van der Waals surface area (Å²) in [7, 11) is 3.40. The maximum atomic E-state index is 12.3. The second-order valence-electron chi connectivity index (χ2n) is 5.28. The first kappa shape index (κ1) is 14.7. The number of hydrogen-bond acceptors (Lipinski definition) is 6. The van der Waals surface area contributed by atoms with Gasteiger partial charge in [0.25, 0.3) is 5.91 Å². The number of hydrogen-bond donors (Lipinski definition) is 1. The van der Waals surface area contributed by atoms with Gasteiger partial charge in [-0.05, 0) is 12.1 Å². The lowest BCUT2D eigenvalue weighted by Crippen LogP contribution is -2.36. The molecule has 0 saturated carbocycles. The third-order valence-corrected chi connectivity index (χ3v) is 4.58. The summed E-state index contributed by atoms with van der Waals surface area (Å²) in [6, 6.07) is 5.22. The molecule has 24 heavy (non-hydrogen) atoms. The van der Waals surface area contributed by atoms with Gasteiger partial charge < -0.3 is 14.8 Å². The van der Waals surface area contributed by atoms with Crippen molar-refractivity contribution in [3.8, 4) is 22.8 Å². The molecule has 0 saturated heterocycles. The van der Waals surface area contributed by atoms with Crippen molar-refractivity contribution < 1.29 is 14.3 Å². The van der Waals surface area contributed by atoms with Crippen molar-refractivity contribution in [1.29, 1.82) is 0 Å². The average molecular weight is 342 g/mol. The largest absolute Gasteiger partial charge is 0.493 e. The number of amides is 1. The summed E-state index contributed by atoms with van der Waals surface area (Å²) in [5.74, 6) is 0.751. The molecule has 0 aliphatic carbocycles. The first-order chi connectivity index (χ1) is 11.7. The van der Waals surface area contributed by atoms with Crippen LogP contribution in [0.1, 0.15) is 21.6 Å². The lowest BCUT2D eigenvalue weighted by atomic mass is 10.1. The van der Waals surface area contributed by atoms with Crippen LogP contribution in [-0.2, 0) is 7.05 Å². The lowest BCUT2D eigenvalue weighted by Gasteiger charge is -2.26. The summed E-state index contributed by atoms with van der Waals surface area (Å²) < 4.78 is 12.9. The lowest BCUT2D eigenvalue weighted by molar-refractivity contribution is 0.0746. The maximum Gasteiger partial charge on any atom is 0.258 e. The third-order valence-electron chi connectivity index (χ3n) is 3.69. The van der Waals surface area contributed by atoms with Gasteiger partial charge in [-0.3, -0.25) is 9.48 Å². The van der Waals surface area contributed by atoms with Gasteiger partial charge in [0.15, 0.2) is 16.5 Å². The highest BCUT2D eigenvalue weighted by Crippen LogP contribution is 2.38. The van der Waals surface area contributed by atoms with Crippen LogP contribution in [0, 0.1) is 0 Å². The highest BCUT2D eigenvalue weighted by Gasteiger charge is 2.31. The van der Waals surface area contributed by atoms with Crippen LogP contribution >= 0.6 is 11.3 Å². The van der Waals surface area contributed by atoms with Crippen molar-refractivity contribution in [3.63, 3.8) is 0 Å². The second-order valence-corrected chi connectivity index (χ2v) is 6.17. The zero-order valence-corrected chi connectivity index (χ0v) is 13.8. The fraction of sp³-hybridized carbons (Fsp3) is 0.188. The van der Waals surface area contributed by atoms with E-state index in [2.05, 4.69) is 15.4 Å². The molecule has 0 fully saturated rings. The Morgan fingerprint density at radius 2 is 2.29 bits per heavy atom. The molecule has 1 amide bonds. The molecular formula is C16H14N4O3S. The molecule has 7 nitrogen and oxygen atoms in total. The van der Waals surface area contributed by atoms with Crippen molar-refractivity contribution in [2.24, 2.45) is 7.05 Å². The number of nitrogens with zero attached hydrogens (tertiary/aromatic N) is 3. The summed E-state index contributed by atoms with van der Waals surface area (Å²) in [6.07, 6.45) is 2.99. The molecule has 1 aromatic carbocycles. The number of carbonyl (C=O) groups is 1. The number of aryl methyl sites for hydroxylation is 1. The van der Waals surface area contributed by atoms with E-state index in [-0.39, 0.29) is 5.91 Å². The van der Waals surface area contributed by atoms with E-state index < -0.39 is 6.23 Å². The Balaban J connectivity index is 1.66. The summed E-state index contributed by atoms with van der Waals surface area (Å²) in [6.45, 7) is 0. The SMILES string of the molecule is COc1cccc2c1OC(c1nc(-c3cnn(C)c3)cs1)NC2=O. The number of rotatable bonds is 3. The van der Waals surface area contributed by atoms with Gasteiger partial charge in [0.05, 0.1) is 24.6 Å². The van der Waals surface area contributed by atoms with Gasteiger partial charge >= 0.3 is 0 Å². The smallest absolute Gasteiger partial charge is 0.258 e. The zero-order valence-electron chi connectivity index (χ0n) is 13.0. The van der Waals surface area contributed by atoms with Crippen molar-refractivity contribution >= 4 is 17.2 Å². The molecule has 4 rings (SSSR count). The van der Waals surface area contributed by atoms with Gasteiger partial charge in [0, 0.05) is 24.2 Å². The van der Waals surface area contributed by atoms with Crippen molar-refractivity contribution in [2.45, 2.75) is 6.23 Å². The number of thiazole rings is 1. The van der Waals surface area contributed by atoms with Crippen LogP contribution in [0.2, 0.25) is 0 Å². The fourth-order valence-corrected chi connectivity index (χ4v) is 3.33. The topological polar surface area (TPSA) is 78.3 Å². The first-order valence-corrected chi connectivity index (χ1v) is 8.12. The molecule has 1 unspecified atom stereocenters. The van der Waals surface area contributed by atoms with Crippen LogP contribution in [0.25, 0.3) is 11.3 Å². The molecule has 1 aliphatic rings. The van der Waals surface area contributed by atoms with E-state index >= 15 is 0 Å². The van der Waals surface area contributed by atoms with Crippen LogP contribution < -0.4 is 14.8 Å². The van der Waals surface area contributed by atoms with E-state index in [0.717, 1.165) is 11.3 Å². The second kappa shape index (κ2) is 5.64. The molecule has 1 aliphatic heterocycles. The molecule has 3 heterocycles. The van der Waals surface area contributed by atoms with E-state index in [9.17, 15) is 4.79 Å².